The summed E-state index contributed by atoms with van der Waals surface area (Å²) in [6, 6.07) is 0.248. The fourth-order valence-corrected chi connectivity index (χ4v) is 3.48. The molecule has 2 fully saturated rings. The van der Waals surface area contributed by atoms with E-state index < -0.39 is 17.6 Å². The van der Waals surface area contributed by atoms with Crippen LogP contribution in [0.25, 0.3) is 0 Å². The standard InChI is InChI=1S/C12H21F3N2/c1-8-6-16-7-9(8)17-5-4-10(11(17,2)3)12(13,14)15/h8-10,16H,4-7H2,1-3H3. The Labute approximate surface area is 101 Å². The fraction of sp³-hybridized carbons (Fsp3) is 1.00. The highest BCUT2D eigenvalue weighted by Crippen LogP contribution is 2.46. The third kappa shape index (κ3) is 2.19. The van der Waals surface area contributed by atoms with Crippen LogP contribution < -0.4 is 5.32 Å². The van der Waals surface area contributed by atoms with Crippen molar-refractivity contribution in [1.29, 1.82) is 0 Å². The Balaban J connectivity index is 2.17. The van der Waals surface area contributed by atoms with Crippen molar-refractivity contribution in [2.75, 3.05) is 19.6 Å². The molecule has 2 saturated heterocycles. The van der Waals surface area contributed by atoms with Gasteiger partial charge in [0, 0.05) is 18.1 Å². The van der Waals surface area contributed by atoms with Crippen molar-refractivity contribution in [2.24, 2.45) is 11.8 Å². The Morgan fingerprint density at radius 2 is 1.88 bits per heavy atom. The van der Waals surface area contributed by atoms with Crippen molar-refractivity contribution < 1.29 is 13.2 Å². The highest BCUT2D eigenvalue weighted by atomic mass is 19.4. The molecule has 2 rings (SSSR count). The first kappa shape index (κ1) is 13.1. The summed E-state index contributed by atoms with van der Waals surface area (Å²) in [5.41, 5.74) is -0.775. The number of hydrogen-bond donors (Lipinski definition) is 1. The van der Waals surface area contributed by atoms with E-state index in [1.807, 2.05) is 0 Å². The third-order valence-corrected chi connectivity index (χ3v) is 4.52. The van der Waals surface area contributed by atoms with Gasteiger partial charge in [0.25, 0.3) is 0 Å². The normalized spacial score (nSPS) is 38.8. The number of alkyl halides is 3. The highest BCUT2D eigenvalue weighted by molar-refractivity contribution is 5.03. The fourth-order valence-electron chi connectivity index (χ4n) is 3.48. The first-order valence-electron chi connectivity index (χ1n) is 6.28. The van der Waals surface area contributed by atoms with Gasteiger partial charge in [-0.05, 0) is 39.3 Å². The second kappa shape index (κ2) is 4.12. The zero-order chi connectivity index (χ0) is 12.8. The number of nitrogens with zero attached hydrogens (tertiary/aromatic N) is 1. The Morgan fingerprint density at radius 3 is 2.29 bits per heavy atom. The van der Waals surface area contributed by atoms with Gasteiger partial charge < -0.3 is 5.32 Å². The van der Waals surface area contributed by atoms with Crippen molar-refractivity contribution in [3.63, 3.8) is 0 Å². The van der Waals surface area contributed by atoms with Gasteiger partial charge in [0.1, 0.15) is 0 Å². The summed E-state index contributed by atoms with van der Waals surface area (Å²) < 4.78 is 38.9. The molecule has 0 spiro atoms. The Hall–Kier alpha value is -0.290. The minimum atomic E-state index is -4.08. The number of hydrogen-bond acceptors (Lipinski definition) is 2. The molecule has 0 radical (unpaired) electrons. The number of halogens is 3. The molecule has 0 aromatic heterocycles. The molecule has 1 N–H and O–H groups in total. The molecule has 3 atom stereocenters. The zero-order valence-electron chi connectivity index (χ0n) is 10.6. The van der Waals surface area contributed by atoms with E-state index in [1.165, 1.54) is 0 Å². The molecule has 0 aliphatic carbocycles. The lowest BCUT2D eigenvalue weighted by Gasteiger charge is -2.41. The summed E-state index contributed by atoms with van der Waals surface area (Å²) in [6.07, 6.45) is -3.84. The summed E-state index contributed by atoms with van der Waals surface area (Å²) in [5.74, 6) is -0.760. The maximum Gasteiger partial charge on any atom is 0.393 e. The Kier molecular flexibility index (Phi) is 3.19. The van der Waals surface area contributed by atoms with Gasteiger partial charge in [-0.3, -0.25) is 4.90 Å². The average molecular weight is 250 g/mol. The summed E-state index contributed by atoms with van der Waals surface area (Å²) in [6.45, 7) is 7.88. The van der Waals surface area contributed by atoms with Crippen molar-refractivity contribution >= 4 is 0 Å². The van der Waals surface area contributed by atoms with Gasteiger partial charge in [-0.2, -0.15) is 13.2 Å². The number of nitrogens with one attached hydrogen (secondary N) is 1. The van der Waals surface area contributed by atoms with Gasteiger partial charge in [-0.25, -0.2) is 0 Å². The van der Waals surface area contributed by atoms with Gasteiger partial charge in [0.2, 0.25) is 0 Å². The second-order valence-electron chi connectivity index (χ2n) is 5.93. The van der Waals surface area contributed by atoms with Gasteiger partial charge in [-0.1, -0.05) is 6.92 Å². The van der Waals surface area contributed by atoms with Gasteiger partial charge >= 0.3 is 6.18 Å². The van der Waals surface area contributed by atoms with E-state index >= 15 is 0 Å². The van der Waals surface area contributed by atoms with E-state index in [4.69, 9.17) is 0 Å². The summed E-state index contributed by atoms with van der Waals surface area (Å²) >= 11 is 0. The lowest BCUT2D eigenvalue weighted by molar-refractivity contribution is -0.193. The Bertz CT molecular complexity index is 288. The monoisotopic (exact) mass is 250 g/mol. The van der Waals surface area contributed by atoms with Gasteiger partial charge in [0.15, 0.2) is 0 Å². The van der Waals surface area contributed by atoms with Crippen LogP contribution in [0.2, 0.25) is 0 Å². The number of rotatable bonds is 1. The van der Waals surface area contributed by atoms with Crippen LogP contribution in [0.4, 0.5) is 13.2 Å². The minimum Gasteiger partial charge on any atom is -0.315 e. The molecule has 17 heavy (non-hydrogen) atoms. The second-order valence-corrected chi connectivity index (χ2v) is 5.93. The molecule has 0 bridgehead atoms. The molecular weight excluding hydrogens is 229 g/mol. The molecule has 2 heterocycles. The first-order chi connectivity index (χ1) is 7.74. The van der Waals surface area contributed by atoms with E-state index in [-0.39, 0.29) is 12.5 Å². The van der Waals surface area contributed by atoms with Crippen molar-refractivity contribution in [2.45, 2.75) is 44.9 Å². The number of likely N-dealkylation sites (tertiary alicyclic amines) is 1. The molecule has 2 aliphatic heterocycles. The lowest BCUT2D eigenvalue weighted by atomic mass is 9.86. The maximum atomic E-state index is 13.0. The maximum absolute atomic E-state index is 13.0. The molecule has 0 aromatic carbocycles. The highest BCUT2D eigenvalue weighted by Gasteiger charge is 2.56. The molecule has 0 amide bonds. The lowest BCUT2D eigenvalue weighted by Crippen LogP contribution is -2.53. The molecular formula is C12H21F3N2. The van der Waals surface area contributed by atoms with E-state index in [0.717, 1.165) is 13.1 Å². The van der Waals surface area contributed by atoms with Crippen LogP contribution in [-0.2, 0) is 0 Å². The summed E-state index contributed by atoms with van der Waals surface area (Å²) in [4.78, 5) is 2.07. The molecule has 100 valence electrons. The molecule has 2 nitrogen and oxygen atoms in total. The van der Waals surface area contributed by atoms with Crippen molar-refractivity contribution in [3.05, 3.63) is 0 Å². The molecule has 3 unspecified atom stereocenters. The van der Waals surface area contributed by atoms with Crippen molar-refractivity contribution in [3.8, 4) is 0 Å². The molecule has 5 heteroatoms. The Morgan fingerprint density at radius 1 is 1.24 bits per heavy atom. The molecule has 0 aromatic rings. The van der Waals surface area contributed by atoms with Crippen LogP contribution >= 0.6 is 0 Å². The topological polar surface area (TPSA) is 15.3 Å². The zero-order valence-corrected chi connectivity index (χ0v) is 10.6. The van der Waals surface area contributed by atoms with Crippen LogP contribution in [0.1, 0.15) is 27.2 Å². The smallest absolute Gasteiger partial charge is 0.315 e. The average Bonchev–Trinajstić information content (AvgIpc) is 2.67. The summed E-state index contributed by atoms with van der Waals surface area (Å²) in [5, 5.41) is 3.27. The van der Waals surface area contributed by atoms with E-state index in [2.05, 4.69) is 17.1 Å². The van der Waals surface area contributed by atoms with E-state index in [1.54, 1.807) is 13.8 Å². The van der Waals surface area contributed by atoms with Crippen LogP contribution in [0.5, 0.6) is 0 Å². The van der Waals surface area contributed by atoms with Gasteiger partial charge in [0.05, 0.1) is 5.92 Å². The van der Waals surface area contributed by atoms with Crippen LogP contribution in [0, 0.1) is 11.8 Å². The van der Waals surface area contributed by atoms with Gasteiger partial charge in [-0.15, -0.1) is 0 Å². The van der Waals surface area contributed by atoms with Crippen LogP contribution in [0.3, 0.4) is 0 Å². The van der Waals surface area contributed by atoms with E-state index in [9.17, 15) is 13.2 Å². The largest absolute Gasteiger partial charge is 0.393 e. The van der Waals surface area contributed by atoms with Crippen LogP contribution in [0.15, 0.2) is 0 Å². The predicted molar refractivity (Wildman–Crippen MR) is 60.8 cm³/mol. The SMILES string of the molecule is CC1CNCC1N1CCC(C(F)(F)F)C1(C)C. The predicted octanol–water partition coefficient (Wildman–Crippen LogP) is 2.26. The van der Waals surface area contributed by atoms with Crippen molar-refractivity contribution in [1.82, 2.24) is 10.2 Å². The minimum absolute atomic E-state index is 0.236. The quantitative estimate of drug-likeness (QED) is 0.768. The molecule has 0 saturated carbocycles. The van der Waals surface area contributed by atoms with Crippen LogP contribution in [-0.4, -0.2) is 42.3 Å². The molecule has 2 aliphatic rings. The first-order valence-corrected chi connectivity index (χ1v) is 6.28. The van der Waals surface area contributed by atoms with E-state index in [0.29, 0.717) is 12.5 Å². The summed E-state index contributed by atoms with van der Waals surface area (Å²) in [7, 11) is 0. The third-order valence-electron chi connectivity index (χ3n) is 4.52.